The molecule has 0 aliphatic carbocycles. The maximum absolute atomic E-state index is 11.9. The Hall–Kier alpha value is -2.05. The number of rotatable bonds is 5. The summed E-state index contributed by atoms with van der Waals surface area (Å²) < 4.78 is 4.65. The molecule has 1 heterocycles. The van der Waals surface area contributed by atoms with Crippen LogP contribution in [0.4, 0.5) is 5.69 Å². The van der Waals surface area contributed by atoms with Crippen molar-refractivity contribution in [2.45, 2.75) is 26.3 Å². The number of carbonyl (C=O) groups excluding carboxylic acids is 2. The highest BCUT2D eigenvalue weighted by atomic mass is 16.5. The fourth-order valence-electron chi connectivity index (χ4n) is 1.54. The van der Waals surface area contributed by atoms with Crippen molar-refractivity contribution in [3.63, 3.8) is 0 Å². The number of carbonyl (C=O) groups is 2. The van der Waals surface area contributed by atoms with Gasteiger partial charge in [0.1, 0.15) is 11.7 Å². The maximum Gasteiger partial charge on any atom is 0.328 e. The number of esters is 1. The number of aromatic amines is 1. The van der Waals surface area contributed by atoms with Gasteiger partial charge in [-0.2, -0.15) is 5.10 Å². The van der Waals surface area contributed by atoms with Gasteiger partial charge in [-0.15, -0.1) is 0 Å². The molecule has 100 valence electrons. The summed E-state index contributed by atoms with van der Waals surface area (Å²) in [5, 5.41) is 8.71. The number of amides is 1. The van der Waals surface area contributed by atoms with E-state index in [1.807, 2.05) is 13.8 Å². The number of aromatic nitrogens is 2. The van der Waals surface area contributed by atoms with E-state index in [9.17, 15) is 9.59 Å². The summed E-state index contributed by atoms with van der Waals surface area (Å²) >= 11 is 0. The van der Waals surface area contributed by atoms with E-state index in [-0.39, 0.29) is 17.3 Å². The number of hydrogen-bond acceptors (Lipinski definition) is 5. The van der Waals surface area contributed by atoms with Gasteiger partial charge in [-0.25, -0.2) is 4.79 Å². The van der Waals surface area contributed by atoms with Gasteiger partial charge in [0.05, 0.1) is 19.0 Å². The first-order valence-corrected chi connectivity index (χ1v) is 5.63. The van der Waals surface area contributed by atoms with Crippen LogP contribution in [0.2, 0.25) is 0 Å². The summed E-state index contributed by atoms with van der Waals surface area (Å²) in [5.74, 6) is -0.704. The number of methoxy groups -OCH3 is 1. The van der Waals surface area contributed by atoms with Crippen molar-refractivity contribution in [2.24, 2.45) is 5.92 Å². The molecule has 4 N–H and O–H groups in total. The van der Waals surface area contributed by atoms with E-state index in [1.54, 1.807) is 0 Å². The van der Waals surface area contributed by atoms with Gasteiger partial charge in [0.2, 0.25) is 0 Å². The molecule has 0 saturated carbocycles. The fourth-order valence-corrected chi connectivity index (χ4v) is 1.54. The van der Waals surface area contributed by atoms with E-state index in [0.29, 0.717) is 6.42 Å². The minimum atomic E-state index is -0.690. The Kier molecular flexibility index (Phi) is 4.70. The van der Waals surface area contributed by atoms with Crippen LogP contribution in [0.25, 0.3) is 0 Å². The molecule has 1 aromatic rings. The number of anilines is 1. The van der Waals surface area contributed by atoms with Crippen LogP contribution < -0.4 is 11.1 Å². The SMILES string of the molecule is COC(=O)C(CC(C)C)NC(=O)c1[nH]ncc1N. The van der Waals surface area contributed by atoms with Crippen LogP contribution >= 0.6 is 0 Å². The standard InChI is InChI=1S/C11H18N4O3/c1-6(2)4-8(11(17)18-3)14-10(16)9-7(12)5-13-15-9/h5-6,8H,4,12H2,1-3H3,(H,13,15)(H,14,16). The Labute approximate surface area is 105 Å². The number of hydrogen-bond donors (Lipinski definition) is 3. The third kappa shape index (κ3) is 3.47. The van der Waals surface area contributed by atoms with Gasteiger partial charge in [-0.05, 0) is 12.3 Å². The van der Waals surface area contributed by atoms with E-state index in [0.717, 1.165) is 0 Å². The summed E-state index contributed by atoms with van der Waals surface area (Å²) in [6, 6.07) is -0.690. The van der Waals surface area contributed by atoms with Gasteiger partial charge < -0.3 is 15.8 Å². The van der Waals surface area contributed by atoms with Crippen molar-refractivity contribution in [3.8, 4) is 0 Å². The van der Waals surface area contributed by atoms with Gasteiger partial charge in [-0.1, -0.05) is 13.8 Å². The van der Waals surface area contributed by atoms with E-state index in [2.05, 4.69) is 20.3 Å². The predicted octanol–water partition coefficient (Wildman–Crippen LogP) is 0.309. The van der Waals surface area contributed by atoms with Crippen molar-refractivity contribution in [2.75, 3.05) is 12.8 Å². The second-order valence-electron chi connectivity index (χ2n) is 4.38. The Balaban J connectivity index is 2.74. The number of ether oxygens (including phenoxy) is 1. The van der Waals surface area contributed by atoms with Gasteiger partial charge in [0.25, 0.3) is 5.91 Å². The van der Waals surface area contributed by atoms with Crippen LogP contribution in [-0.4, -0.2) is 35.2 Å². The molecule has 1 atom stereocenters. The fraction of sp³-hybridized carbons (Fsp3) is 0.545. The molecule has 1 aromatic heterocycles. The molecule has 1 unspecified atom stereocenters. The number of nitrogen functional groups attached to an aromatic ring is 1. The highest BCUT2D eigenvalue weighted by molar-refractivity contribution is 5.99. The minimum Gasteiger partial charge on any atom is -0.467 e. The average molecular weight is 254 g/mol. The van der Waals surface area contributed by atoms with Gasteiger partial charge in [0, 0.05) is 0 Å². The third-order valence-electron chi connectivity index (χ3n) is 2.39. The number of H-pyrrole nitrogens is 1. The molecule has 1 rings (SSSR count). The molecule has 0 aliphatic rings. The molecule has 0 bridgehead atoms. The number of nitrogens with two attached hydrogens (primary N) is 1. The lowest BCUT2D eigenvalue weighted by molar-refractivity contribution is -0.143. The molecule has 7 heteroatoms. The first-order valence-electron chi connectivity index (χ1n) is 5.63. The van der Waals surface area contributed by atoms with Gasteiger partial charge in [-0.3, -0.25) is 9.89 Å². The zero-order valence-corrected chi connectivity index (χ0v) is 10.7. The Morgan fingerprint density at radius 3 is 2.67 bits per heavy atom. The molecular formula is C11H18N4O3. The van der Waals surface area contributed by atoms with E-state index >= 15 is 0 Å². The highest BCUT2D eigenvalue weighted by Gasteiger charge is 2.24. The van der Waals surface area contributed by atoms with E-state index in [4.69, 9.17) is 5.73 Å². The van der Waals surface area contributed by atoms with Crippen molar-refractivity contribution in [1.29, 1.82) is 0 Å². The maximum atomic E-state index is 11.9. The molecule has 0 fully saturated rings. The first kappa shape index (κ1) is 14.0. The zero-order valence-electron chi connectivity index (χ0n) is 10.7. The molecule has 0 aliphatic heterocycles. The Morgan fingerprint density at radius 1 is 1.56 bits per heavy atom. The van der Waals surface area contributed by atoms with E-state index in [1.165, 1.54) is 13.3 Å². The first-order chi connectivity index (χ1) is 8.45. The van der Waals surface area contributed by atoms with Crippen LogP contribution in [0.15, 0.2) is 6.20 Å². The minimum absolute atomic E-state index is 0.146. The summed E-state index contributed by atoms with van der Waals surface area (Å²) in [7, 11) is 1.28. The summed E-state index contributed by atoms with van der Waals surface area (Å²) in [4.78, 5) is 23.4. The molecule has 18 heavy (non-hydrogen) atoms. The number of nitrogens with one attached hydrogen (secondary N) is 2. The normalized spacial score (nSPS) is 12.2. The largest absolute Gasteiger partial charge is 0.467 e. The smallest absolute Gasteiger partial charge is 0.328 e. The summed E-state index contributed by atoms with van der Waals surface area (Å²) in [5.41, 5.74) is 5.94. The van der Waals surface area contributed by atoms with Crippen LogP contribution in [0, 0.1) is 5.92 Å². The van der Waals surface area contributed by atoms with Crippen molar-refractivity contribution in [3.05, 3.63) is 11.9 Å². The lowest BCUT2D eigenvalue weighted by Crippen LogP contribution is -2.42. The van der Waals surface area contributed by atoms with Crippen LogP contribution in [0.3, 0.4) is 0 Å². The molecule has 1 amide bonds. The van der Waals surface area contributed by atoms with Crippen LogP contribution in [0.1, 0.15) is 30.8 Å². The van der Waals surface area contributed by atoms with Crippen molar-refractivity contribution >= 4 is 17.6 Å². The second-order valence-corrected chi connectivity index (χ2v) is 4.38. The summed E-state index contributed by atoms with van der Waals surface area (Å²) in [6.07, 6.45) is 1.83. The third-order valence-corrected chi connectivity index (χ3v) is 2.39. The lowest BCUT2D eigenvalue weighted by Gasteiger charge is -2.17. The topological polar surface area (TPSA) is 110 Å². The zero-order chi connectivity index (χ0) is 13.7. The monoisotopic (exact) mass is 254 g/mol. The molecular weight excluding hydrogens is 236 g/mol. The molecule has 0 saturated heterocycles. The van der Waals surface area contributed by atoms with Crippen LogP contribution in [-0.2, 0) is 9.53 Å². The second kappa shape index (κ2) is 6.04. The molecule has 7 nitrogen and oxygen atoms in total. The average Bonchev–Trinajstić information content (AvgIpc) is 2.73. The Bertz CT molecular complexity index is 428. The predicted molar refractivity (Wildman–Crippen MR) is 65.7 cm³/mol. The lowest BCUT2D eigenvalue weighted by atomic mass is 10.0. The quantitative estimate of drug-likeness (QED) is 0.655. The summed E-state index contributed by atoms with van der Waals surface area (Å²) in [6.45, 7) is 3.90. The van der Waals surface area contributed by atoms with E-state index < -0.39 is 17.9 Å². The number of nitrogens with zero attached hydrogens (tertiary/aromatic N) is 1. The molecule has 0 aromatic carbocycles. The molecule has 0 radical (unpaired) electrons. The van der Waals surface area contributed by atoms with Crippen LogP contribution in [0.5, 0.6) is 0 Å². The van der Waals surface area contributed by atoms with Gasteiger partial charge in [0.15, 0.2) is 0 Å². The van der Waals surface area contributed by atoms with Crippen molar-refractivity contribution < 1.29 is 14.3 Å². The Morgan fingerprint density at radius 2 is 2.22 bits per heavy atom. The highest BCUT2D eigenvalue weighted by Crippen LogP contribution is 2.10. The molecule has 0 spiro atoms. The van der Waals surface area contributed by atoms with Gasteiger partial charge >= 0.3 is 5.97 Å². The van der Waals surface area contributed by atoms with Crippen molar-refractivity contribution in [1.82, 2.24) is 15.5 Å².